The van der Waals surface area contributed by atoms with Gasteiger partial charge in [0.1, 0.15) is 0 Å². The van der Waals surface area contributed by atoms with Gasteiger partial charge in [-0.3, -0.25) is 4.90 Å². The molecule has 0 radical (unpaired) electrons. The van der Waals surface area contributed by atoms with Gasteiger partial charge in [-0.25, -0.2) is 0 Å². The molecule has 2 rings (SSSR count). The van der Waals surface area contributed by atoms with Crippen LogP contribution in [0.1, 0.15) is 26.7 Å². The van der Waals surface area contributed by atoms with Crippen molar-refractivity contribution in [2.24, 2.45) is 0 Å². The molecule has 2 atom stereocenters. The molecule has 2 aliphatic rings. The monoisotopic (exact) mass is 139 g/mol. The molecule has 0 aromatic carbocycles. The van der Waals surface area contributed by atoms with Gasteiger partial charge < -0.3 is 0 Å². The second-order valence-corrected chi connectivity index (χ2v) is 2.74. The first-order valence-electron chi connectivity index (χ1n) is 4.26. The quantitative estimate of drug-likeness (QED) is 0.366. The van der Waals surface area contributed by atoms with E-state index in [2.05, 4.69) is 24.1 Å². The van der Waals surface area contributed by atoms with Crippen LogP contribution in [0.4, 0.5) is 0 Å². The number of nitrogens with zero attached hydrogens (tertiary/aromatic N) is 1. The predicted molar refractivity (Wildman–Crippen MR) is 45.1 cm³/mol. The molecule has 1 aliphatic heterocycles. The van der Waals surface area contributed by atoms with Gasteiger partial charge in [0.25, 0.3) is 0 Å². The van der Waals surface area contributed by atoms with Gasteiger partial charge in [-0.2, -0.15) is 0 Å². The minimum atomic E-state index is 0.917. The lowest BCUT2D eigenvalue weighted by molar-refractivity contribution is 0.588. The van der Waals surface area contributed by atoms with Gasteiger partial charge in [0.05, 0.1) is 0 Å². The highest BCUT2D eigenvalue weighted by molar-refractivity contribution is 5.11. The third-order valence-corrected chi connectivity index (χ3v) is 2.32. The zero-order valence-electron chi connectivity index (χ0n) is 7.17. The summed E-state index contributed by atoms with van der Waals surface area (Å²) in [7, 11) is 2.21. The number of fused-ring (bicyclic) bond motifs is 1. The molecule has 2 unspecified atom stereocenters. The molecular formula is C9H17N. The van der Waals surface area contributed by atoms with Gasteiger partial charge in [-0.15, -0.1) is 0 Å². The predicted octanol–water partition coefficient (Wildman–Crippen LogP) is 2.05. The van der Waals surface area contributed by atoms with E-state index in [1.165, 1.54) is 12.8 Å². The Bertz CT molecular complexity index is 115. The van der Waals surface area contributed by atoms with E-state index in [-0.39, 0.29) is 0 Å². The molecule has 1 fully saturated rings. The second-order valence-electron chi connectivity index (χ2n) is 2.74. The molecule has 0 spiro atoms. The Morgan fingerprint density at radius 1 is 1.10 bits per heavy atom. The summed E-state index contributed by atoms with van der Waals surface area (Å²) in [5, 5.41) is 0. The van der Waals surface area contributed by atoms with Crippen LogP contribution in [-0.4, -0.2) is 24.0 Å². The van der Waals surface area contributed by atoms with Crippen molar-refractivity contribution in [2.75, 3.05) is 7.05 Å². The first kappa shape index (κ1) is 7.80. The third-order valence-electron chi connectivity index (χ3n) is 2.32. The Balaban J connectivity index is 0.000000231. The van der Waals surface area contributed by atoms with Crippen molar-refractivity contribution >= 4 is 0 Å². The maximum absolute atomic E-state index is 2.44. The van der Waals surface area contributed by atoms with Crippen LogP contribution in [0, 0.1) is 0 Å². The van der Waals surface area contributed by atoms with Crippen molar-refractivity contribution in [3.8, 4) is 0 Å². The normalized spacial score (nSPS) is 41.3. The van der Waals surface area contributed by atoms with Crippen molar-refractivity contribution in [1.29, 1.82) is 0 Å². The van der Waals surface area contributed by atoms with Gasteiger partial charge >= 0.3 is 0 Å². The van der Waals surface area contributed by atoms with E-state index < -0.39 is 0 Å². The van der Waals surface area contributed by atoms with Crippen LogP contribution >= 0.6 is 0 Å². The third kappa shape index (κ3) is 1.24. The lowest BCUT2D eigenvalue weighted by Crippen LogP contribution is -1.94. The molecular weight excluding hydrogens is 122 g/mol. The van der Waals surface area contributed by atoms with Crippen LogP contribution in [0.3, 0.4) is 0 Å². The van der Waals surface area contributed by atoms with Crippen LogP contribution in [0.25, 0.3) is 0 Å². The molecule has 58 valence electrons. The molecule has 0 aromatic rings. The number of rotatable bonds is 0. The van der Waals surface area contributed by atoms with Crippen molar-refractivity contribution in [1.82, 2.24) is 4.90 Å². The highest BCUT2D eigenvalue weighted by Gasteiger charge is 2.43. The van der Waals surface area contributed by atoms with E-state index in [4.69, 9.17) is 0 Å². The molecule has 0 N–H and O–H groups in total. The minimum Gasteiger partial charge on any atom is -0.297 e. The summed E-state index contributed by atoms with van der Waals surface area (Å²) in [4.78, 5) is 2.44. The Kier molecular flexibility index (Phi) is 2.50. The maximum atomic E-state index is 2.44. The highest BCUT2D eigenvalue weighted by atomic mass is 15.3. The van der Waals surface area contributed by atoms with Gasteiger partial charge in [-0.05, 0) is 19.9 Å². The van der Waals surface area contributed by atoms with Crippen molar-refractivity contribution in [2.45, 2.75) is 38.8 Å². The summed E-state index contributed by atoms with van der Waals surface area (Å²) in [5.41, 5.74) is 0. The van der Waals surface area contributed by atoms with E-state index in [1.807, 2.05) is 13.8 Å². The average Bonchev–Trinajstić information content (AvgIpc) is 2.68. The fraction of sp³-hybridized carbons (Fsp3) is 0.778. The summed E-state index contributed by atoms with van der Waals surface area (Å²) >= 11 is 0. The summed E-state index contributed by atoms with van der Waals surface area (Å²) in [5.74, 6) is 0. The molecule has 1 nitrogen and oxygen atoms in total. The molecule has 0 amide bonds. The summed E-state index contributed by atoms with van der Waals surface area (Å²) in [6.45, 7) is 4.00. The van der Waals surface area contributed by atoms with E-state index >= 15 is 0 Å². The lowest BCUT2D eigenvalue weighted by atomic mass is 10.1. The molecule has 10 heavy (non-hydrogen) atoms. The number of hydrogen-bond donors (Lipinski definition) is 0. The van der Waals surface area contributed by atoms with Crippen LogP contribution in [0.5, 0.6) is 0 Å². The number of hydrogen-bond acceptors (Lipinski definition) is 1. The fourth-order valence-electron chi connectivity index (χ4n) is 1.59. The molecule has 1 aliphatic carbocycles. The lowest BCUT2D eigenvalue weighted by Gasteiger charge is -1.93. The van der Waals surface area contributed by atoms with Crippen LogP contribution in [-0.2, 0) is 0 Å². The van der Waals surface area contributed by atoms with Gasteiger partial charge in [0.2, 0.25) is 0 Å². The topological polar surface area (TPSA) is 3.01 Å². The van der Waals surface area contributed by atoms with Gasteiger partial charge in [-0.1, -0.05) is 26.0 Å². The Labute approximate surface area is 63.7 Å². The molecule has 1 heterocycles. The Hall–Kier alpha value is -0.300. The van der Waals surface area contributed by atoms with Crippen molar-refractivity contribution in [3.63, 3.8) is 0 Å². The van der Waals surface area contributed by atoms with Crippen molar-refractivity contribution < 1.29 is 0 Å². The zero-order valence-corrected chi connectivity index (χ0v) is 7.17. The molecule has 1 saturated heterocycles. The van der Waals surface area contributed by atoms with E-state index in [9.17, 15) is 0 Å². The van der Waals surface area contributed by atoms with Crippen LogP contribution in [0.2, 0.25) is 0 Å². The van der Waals surface area contributed by atoms with Gasteiger partial charge in [0.15, 0.2) is 0 Å². The molecule has 0 saturated carbocycles. The largest absolute Gasteiger partial charge is 0.297 e. The first-order valence-corrected chi connectivity index (χ1v) is 4.26. The summed E-state index contributed by atoms with van der Waals surface area (Å²) in [6, 6.07) is 1.83. The van der Waals surface area contributed by atoms with E-state index in [0.29, 0.717) is 0 Å². The van der Waals surface area contributed by atoms with E-state index in [1.54, 1.807) is 0 Å². The standard InChI is InChI=1S/C7H11N.C2H6/c1-8-6-4-2-3-5-7(6)8;1-2/h2-3,6-7H,4-5H2,1H3;1-2H3. The second kappa shape index (κ2) is 3.20. The first-order chi connectivity index (χ1) is 4.89. The Morgan fingerprint density at radius 2 is 1.50 bits per heavy atom. The molecule has 1 heteroatoms. The van der Waals surface area contributed by atoms with E-state index in [0.717, 1.165) is 12.1 Å². The summed E-state index contributed by atoms with van der Waals surface area (Å²) in [6.07, 6.45) is 7.18. The maximum Gasteiger partial charge on any atom is 0.0289 e. The average molecular weight is 139 g/mol. The highest BCUT2D eigenvalue weighted by Crippen LogP contribution is 2.34. The van der Waals surface area contributed by atoms with Crippen molar-refractivity contribution in [3.05, 3.63) is 12.2 Å². The summed E-state index contributed by atoms with van der Waals surface area (Å²) < 4.78 is 0. The minimum absolute atomic E-state index is 0.917. The Morgan fingerprint density at radius 3 is 1.80 bits per heavy atom. The van der Waals surface area contributed by atoms with Crippen LogP contribution in [0.15, 0.2) is 12.2 Å². The molecule has 0 aromatic heterocycles. The molecule has 0 bridgehead atoms. The van der Waals surface area contributed by atoms with Crippen LogP contribution < -0.4 is 0 Å². The number of likely N-dealkylation sites (N-methyl/N-ethyl adjacent to an activating group) is 1. The SMILES string of the molecule is CC.CN1C2CC=CCC21. The van der Waals surface area contributed by atoms with Gasteiger partial charge in [0, 0.05) is 12.1 Å². The smallest absolute Gasteiger partial charge is 0.0289 e. The zero-order chi connectivity index (χ0) is 7.56. The fourth-order valence-corrected chi connectivity index (χ4v) is 1.59.